The lowest BCUT2D eigenvalue weighted by molar-refractivity contribution is -0.149. The van der Waals surface area contributed by atoms with Crippen LogP contribution in [-0.2, 0) is 16.0 Å². The van der Waals surface area contributed by atoms with Crippen molar-refractivity contribution in [3.05, 3.63) is 35.9 Å². The lowest BCUT2D eigenvalue weighted by Crippen LogP contribution is -2.58. The van der Waals surface area contributed by atoms with Gasteiger partial charge in [0.25, 0.3) is 0 Å². The fourth-order valence-electron chi connectivity index (χ4n) is 1.77. The van der Waals surface area contributed by atoms with Crippen molar-refractivity contribution in [2.45, 2.75) is 25.3 Å². The summed E-state index contributed by atoms with van der Waals surface area (Å²) in [5, 5.41) is 3.39. The highest BCUT2D eigenvalue weighted by Crippen LogP contribution is 2.13. The molecule has 0 heterocycles. The number of hydrogen-bond acceptors (Lipinski definition) is 4. The molecule has 0 aliphatic carbocycles. The lowest BCUT2D eigenvalue weighted by atomic mass is 10.0. The van der Waals surface area contributed by atoms with Crippen LogP contribution in [0.15, 0.2) is 30.3 Å². The Labute approximate surface area is 103 Å². The summed E-state index contributed by atoms with van der Waals surface area (Å²) in [5.74, 6) is 0. The molecule has 0 saturated heterocycles. The Kier molecular flexibility index (Phi) is 5.58. The third kappa shape index (κ3) is 3.78. The van der Waals surface area contributed by atoms with E-state index in [9.17, 15) is 0 Å². The Bertz CT molecular complexity index is 314. The molecule has 0 aliphatic heterocycles. The van der Waals surface area contributed by atoms with Crippen molar-refractivity contribution in [1.82, 2.24) is 5.32 Å². The van der Waals surface area contributed by atoms with Crippen molar-refractivity contribution in [3.8, 4) is 0 Å². The summed E-state index contributed by atoms with van der Waals surface area (Å²) in [6.45, 7) is 3.16. The molecule has 0 spiro atoms. The van der Waals surface area contributed by atoms with Gasteiger partial charge in [0.05, 0.1) is 5.54 Å². The molecule has 4 heteroatoms. The van der Waals surface area contributed by atoms with Crippen molar-refractivity contribution in [2.75, 3.05) is 20.8 Å². The first-order valence-electron chi connectivity index (χ1n) is 5.71. The third-order valence-corrected chi connectivity index (χ3v) is 2.91. The monoisotopic (exact) mass is 238 g/mol. The molecule has 0 aliphatic rings. The highest BCUT2D eigenvalue weighted by Gasteiger charge is 2.32. The Morgan fingerprint density at radius 1 is 1.24 bits per heavy atom. The van der Waals surface area contributed by atoms with Crippen molar-refractivity contribution in [3.63, 3.8) is 0 Å². The smallest absolute Gasteiger partial charge is 0.175 e. The van der Waals surface area contributed by atoms with Gasteiger partial charge in [-0.05, 0) is 12.5 Å². The summed E-state index contributed by atoms with van der Waals surface area (Å²) in [4.78, 5) is 0. The molecule has 0 aromatic heterocycles. The average molecular weight is 238 g/mol. The van der Waals surface area contributed by atoms with Gasteiger partial charge in [-0.1, -0.05) is 30.3 Å². The van der Waals surface area contributed by atoms with E-state index in [0.717, 1.165) is 6.54 Å². The number of hydrogen-bond donors (Lipinski definition) is 2. The summed E-state index contributed by atoms with van der Waals surface area (Å²) in [6, 6.07) is 10.2. The van der Waals surface area contributed by atoms with Gasteiger partial charge in [-0.2, -0.15) is 0 Å². The fourth-order valence-corrected chi connectivity index (χ4v) is 1.77. The van der Waals surface area contributed by atoms with E-state index >= 15 is 0 Å². The Balaban J connectivity index is 2.63. The Hall–Kier alpha value is -0.940. The summed E-state index contributed by atoms with van der Waals surface area (Å²) in [7, 11) is 3.23. The van der Waals surface area contributed by atoms with Gasteiger partial charge < -0.3 is 20.5 Å². The lowest BCUT2D eigenvalue weighted by Gasteiger charge is -2.35. The normalized spacial score (nSPS) is 14.9. The second kappa shape index (κ2) is 6.71. The average Bonchev–Trinajstić information content (AvgIpc) is 2.39. The minimum absolute atomic E-state index is 0.365. The van der Waals surface area contributed by atoms with Crippen LogP contribution in [0.3, 0.4) is 0 Å². The first-order valence-corrected chi connectivity index (χ1v) is 5.71. The van der Waals surface area contributed by atoms with Crippen LogP contribution in [0.25, 0.3) is 0 Å². The van der Waals surface area contributed by atoms with E-state index in [4.69, 9.17) is 15.2 Å². The van der Waals surface area contributed by atoms with Crippen LogP contribution >= 0.6 is 0 Å². The highest BCUT2D eigenvalue weighted by atomic mass is 16.7. The van der Waals surface area contributed by atoms with Gasteiger partial charge >= 0.3 is 0 Å². The van der Waals surface area contributed by atoms with Crippen LogP contribution in [-0.4, -0.2) is 32.6 Å². The van der Waals surface area contributed by atoms with Gasteiger partial charge in [0.2, 0.25) is 0 Å². The number of benzene rings is 1. The van der Waals surface area contributed by atoms with Crippen molar-refractivity contribution in [2.24, 2.45) is 5.73 Å². The molecular formula is C13H22N2O2. The Morgan fingerprint density at radius 2 is 1.82 bits per heavy atom. The minimum Gasteiger partial charge on any atom is -0.354 e. The molecule has 0 saturated carbocycles. The van der Waals surface area contributed by atoms with E-state index in [0.29, 0.717) is 6.54 Å². The van der Waals surface area contributed by atoms with E-state index in [1.54, 1.807) is 14.2 Å². The molecule has 96 valence electrons. The quantitative estimate of drug-likeness (QED) is 0.699. The zero-order chi connectivity index (χ0) is 12.7. The molecule has 0 radical (unpaired) electrons. The van der Waals surface area contributed by atoms with E-state index in [2.05, 4.69) is 17.4 Å². The van der Waals surface area contributed by atoms with Crippen molar-refractivity contribution in [1.29, 1.82) is 0 Å². The molecule has 3 N–H and O–H groups in total. The third-order valence-electron chi connectivity index (χ3n) is 2.91. The molecule has 0 fully saturated rings. The van der Waals surface area contributed by atoms with Crippen LogP contribution in [0.4, 0.5) is 0 Å². The van der Waals surface area contributed by atoms with Gasteiger partial charge in [-0.15, -0.1) is 0 Å². The fraction of sp³-hybridized carbons (Fsp3) is 0.538. The maximum absolute atomic E-state index is 5.80. The van der Waals surface area contributed by atoms with E-state index in [1.807, 2.05) is 25.1 Å². The maximum atomic E-state index is 5.80. The topological polar surface area (TPSA) is 56.5 Å². The van der Waals surface area contributed by atoms with Gasteiger partial charge in [0.15, 0.2) is 6.29 Å². The van der Waals surface area contributed by atoms with Gasteiger partial charge in [-0.3, -0.25) is 0 Å². The number of ether oxygens (including phenoxy) is 2. The number of rotatable bonds is 7. The molecule has 0 bridgehead atoms. The minimum atomic E-state index is -0.403. The van der Waals surface area contributed by atoms with E-state index < -0.39 is 5.54 Å². The van der Waals surface area contributed by atoms with Gasteiger partial charge in [0.1, 0.15) is 0 Å². The highest BCUT2D eigenvalue weighted by molar-refractivity contribution is 5.14. The number of nitrogens with two attached hydrogens (primary N) is 1. The number of methoxy groups -OCH3 is 2. The second-order valence-electron chi connectivity index (χ2n) is 4.26. The largest absolute Gasteiger partial charge is 0.354 e. The SMILES string of the molecule is COC(OC)C(C)(CN)NCc1ccccc1. The molecule has 17 heavy (non-hydrogen) atoms. The molecule has 0 amide bonds. The van der Waals surface area contributed by atoms with Crippen LogP contribution in [0.5, 0.6) is 0 Å². The predicted molar refractivity (Wildman–Crippen MR) is 68.5 cm³/mol. The maximum Gasteiger partial charge on any atom is 0.175 e. The van der Waals surface area contributed by atoms with Crippen LogP contribution in [0, 0.1) is 0 Å². The van der Waals surface area contributed by atoms with E-state index in [1.165, 1.54) is 5.56 Å². The standard InChI is InChI=1S/C13H22N2O2/c1-13(10-14,12(16-2)17-3)15-9-11-7-5-4-6-8-11/h4-8,12,15H,9-10,14H2,1-3H3. The first-order chi connectivity index (χ1) is 8.16. The zero-order valence-electron chi connectivity index (χ0n) is 10.8. The predicted octanol–water partition coefficient (Wildman–Crippen LogP) is 1.11. The van der Waals surface area contributed by atoms with Gasteiger partial charge in [0, 0.05) is 27.3 Å². The number of nitrogens with one attached hydrogen (secondary N) is 1. The summed E-state index contributed by atoms with van der Waals surface area (Å²) in [5.41, 5.74) is 6.60. The molecule has 1 aromatic rings. The van der Waals surface area contributed by atoms with Gasteiger partial charge in [-0.25, -0.2) is 0 Å². The van der Waals surface area contributed by atoms with Crippen LogP contribution in [0.2, 0.25) is 0 Å². The molecule has 1 rings (SSSR count). The second-order valence-corrected chi connectivity index (χ2v) is 4.26. The first kappa shape index (κ1) is 14.1. The van der Waals surface area contributed by atoms with Crippen LogP contribution < -0.4 is 11.1 Å². The zero-order valence-corrected chi connectivity index (χ0v) is 10.8. The summed E-state index contributed by atoms with van der Waals surface area (Å²) in [6.07, 6.45) is -0.365. The van der Waals surface area contributed by atoms with Crippen LogP contribution in [0.1, 0.15) is 12.5 Å². The Morgan fingerprint density at radius 3 is 2.29 bits per heavy atom. The molecule has 1 atom stereocenters. The van der Waals surface area contributed by atoms with E-state index in [-0.39, 0.29) is 6.29 Å². The van der Waals surface area contributed by atoms with Crippen molar-refractivity contribution >= 4 is 0 Å². The molecule has 1 aromatic carbocycles. The summed E-state index contributed by atoms with van der Waals surface area (Å²) < 4.78 is 10.6. The van der Waals surface area contributed by atoms with Crippen molar-refractivity contribution < 1.29 is 9.47 Å². The molecule has 4 nitrogen and oxygen atoms in total. The molecule has 1 unspecified atom stereocenters. The molecular weight excluding hydrogens is 216 g/mol. The summed E-state index contributed by atoms with van der Waals surface area (Å²) >= 11 is 0.